The summed E-state index contributed by atoms with van der Waals surface area (Å²) in [5.74, 6) is 0. The largest absolute Gasteiger partial charge is 0.369 e. The van der Waals surface area contributed by atoms with Gasteiger partial charge in [0.25, 0.3) is 5.08 Å². The maximum atomic E-state index is 11.0. The highest BCUT2D eigenvalue weighted by atomic mass is 31.2. The lowest BCUT2D eigenvalue weighted by Crippen LogP contribution is -2.31. The van der Waals surface area contributed by atoms with Gasteiger partial charge in [-0.25, -0.2) is 0 Å². The summed E-state index contributed by atoms with van der Waals surface area (Å²) in [6, 6.07) is 4.60. The molecule has 0 aliphatic rings. The first-order valence-electron chi connectivity index (χ1n) is 7.31. The van der Waals surface area contributed by atoms with Crippen LogP contribution < -0.4 is 5.73 Å². The number of aromatic nitrogens is 1. The molecule has 0 amide bonds. The summed E-state index contributed by atoms with van der Waals surface area (Å²) in [4.78, 5) is 73.3. The highest BCUT2D eigenvalue weighted by Crippen LogP contribution is 2.68. The first-order valence-corrected chi connectivity index (χ1v) is 13.9. The number of hydrogen-bond acceptors (Lipinski definition) is 7. The van der Waals surface area contributed by atoms with Crippen LogP contribution in [0.15, 0.2) is 24.4 Å². The Hall–Kier alpha value is -0.330. The standard InChI is InChI=1S/C7H11NO6P2.C3H11NO7P2/c9-15(10,11)7(16(12,13)14)5-6-3-1-2-4-8-6;4-2-1-3(5,12(6,7)8)13(9,10)11/h1-4,7H,5H2,(H2,9,10,11)(H2,12,13,14);5H,1-2,4H2,(H2,6,7,8)(H2,9,10,11). The van der Waals surface area contributed by atoms with Crippen LogP contribution >= 0.6 is 30.4 Å². The van der Waals surface area contributed by atoms with Crippen molar-refractivity contribution in [3.8, 4) is 0 Å². The van der Waals surface area contributed by atoms with Crippen LogP contribution in [0.1, 0.15) is 12.1 Å². The average Bonchev–Trinajstić information content (AvgIpc) is 2.50. The zero-order chi connectivity index (χ0) is 23.3. The molecule has 0 aromatic carbocycles. The van der Waals surface area contributed by atoms with Crippen LogP contribution in [0, 0.1) is 0 Å². The van der Waals surface area contributed by atoms with E-state index in [-0.39, 0.29) is 5.69 Å². The van der Waals surface area contributed by atoms with E-state index in [2.05, 4.69) is 4.98 Å². The highest BCUT2D eigenvalue weighted by Gasteiger charge is 2.58. The van der Waals surface area contributed by atoms with Gasteiger partial charge in [-0.3, -0.25) is 23.2 Å². The van der Waals surface area contributed by atoms with Crippen LogP contribution in [-0.2, 0) is 24.7 Å². The van der Waals surface area contributed by atoms with Crippen LogP contribution in [0.5, 0.6) is 0 Å². The number of nitrogens with zero attached hydrogens (tertiary/aromatic N) is 1. The van der Waals surface area contributed by atoms with Gasteiger partial charge in [-0.1, -0.05) is 6.07 Å². The van der Waals surface area contributed by atoms with E-state index in [1.165, 1.54) is 12.3 Å². The Morgan fingerprint density at radius 3 is 1.59 bits per heavy atom. The Bertz CT molecular complexity index is 796. The van der Waals surface area contributed by atoms with Crippen molar-refractivity contribution >= 4 is 30.4 Å². The van der Waals surface area contributed by atoms with Crippen LogP contribution in [0.3, 0.4) is 0 Å². The van der Waals surface area contributed by atoms with Crippen molar-refractivity contribution in [2.24, 2.45) is 5.73 Å². The fraction of sp³-hybridized carbons (Fsp3) is 0.500. The van der Waals surface area contributed by atoms with Gasteiger partial charge in [-0.2, -0.15) is 0 Å². The highest BCUT2D eigenvalue weighted by molar-refractivity contribution is 7.72. The van der Waals surface area contributed by atoms with E-state index in [9.17, 15) is 18.3 Å². The molecule has 1 heterocycles. The average molecular weight is 502 g/mol. The van der Waals surface area contributed by atoms with Crippen molar-refractivity contribution in [2.75, 3.05) is 6.54 Å². The van der Waals surface area contributed by atoms with Crippen LogP contribution in [0.4, 0.5) is 0 Å². The van der Waals surface area contributed by atoms with Crippen molar-refractivity contribution in [1.29, 1.82) is 0 Å². The third-order valence-corrected chi connectivity index (χ3v) is 10.9. The van der Waals surface area contributed by atoms with Gasteiger partial charge in [-0.15, -0.1) is 0 Å². The molecule has 0 unspecified atom stereocenters. The van der Waals surface area contributed by atoms with Gasteiger partial charge in [0.15, 0.2) is 5.40 Å². The van der Waals surface area contributed by atoms with Crippen molar-refractivity contribution < 1.29 is 62.5 Å². The summed E-state index contributed by atoms with van der Waals surface area (Å²) in [7, 11) is -20.4. The van der Waals surface area contributed by atoms with E-state index < -0.39 is 60.3 Å². The fourth-order valence-corrected chi connectivity index (χ4v) is 6.41. The third kappa shape index (κ3) is 8.74. The molecule has 0 saturated carbocycles. The molecule has 0 fully saturated rings. The minimum atomic E-state index is -5.31. The predicted octanol–water partition coefficient (Wildman–Crippen LogP) is -1.36. The molecular formula is C10H22N2O13P4. The van der Waals surface area contributed by atoms with Crippen LogP contribution in [-0.4, -0.2) is 66.3 Å². The molecule has 1 aromatic rings. The van der Waals surface area contributed by atoms with Gasteiger partial charge in [0.2, 0.25) is 0 Å². The molecule has 170 valence electrons. The van der Waals surface area contributed by atoms with E-state index >= 15 is 0 Å². The second kappa shape index (κ2) is 10.3. The molecule has 0 atom stereocenters. The summed E-state index contributed by atoms with van der Waals surface area (Å²) in [5, 5.41) is 3.68. The van der Waals surface area contributed by atoms with Gasteiger partial charge in [0.05, 0.1) is 0 Å². The maximum absolute atomic E-state index is 11.0. The summed E-state index contributed by atoms with van der Waals surface area (Å²) in [6.07, 6.45) is 0.0443. The number of hydrogen-bond donors (Lipinski definition) is 10. The molecule has 15 nitrogen and oxygen atoms in total. The zero-order valence-electron chi connectivity index (χ0n) is 14.5. The summed E-state index contributed by atoms with van der Waals surface area (Å²) < 4.78 is 43.1. The van der Waals surface area contributed by atoms with E-state index in [1.807, 2.05) is 0 Å². The molecule has 0 aliphatic heterocycles. The number of pyridine rings is 1. The minimum Gasteiger partial charge on any atom is -0.367 e. The van der Waals surface area contributed by atoms with Gasteiger partial charge >= 0.3 is 30.4 Å². The molecule has 0 saturated heterocycles. The molecular weight excluding hydrogens is 480 g/mol. The van der Waals surface area contributed by atoms with E-state index in [0.29, 0.717) is 0 Å². The van der Waals surface area contributed by atoms with Gasteiger partial charge in [0, 0.05) is 24.7 Å². The monoisotopic (exact) mass is 502 g/mol. The topological polar surface area (TPSA) is 289 Å². The first-order chi connectivity index (χ1) is 12.8. The predicted molar refractivity (Wildman–Crippen MR) is 98.5 cm³/mol. The number of rotatable bonds is 8. The van der Waals surface area contributed by atoms with Crippen molar-refractivity contribution in [3.05, 3.63) is 30.1 Å². The van der Waals surface area contributed by atoms with Crippen LogP contribution in [0.2, 0.25) is 0 Å². The molecule has 0 spiro atoms. The summed E-state index contributed by atoms with van der Waals surface area (Å²) in [6.45, 7) is -0.452. The Morgan fingerprint density at radius 1 is 0.897 bits per heavy atom. The second-order valence-corrected chi connectivity index (χ2v) is 13.6. The lowest BCUT2D eigenvalue weighted by Gasteiger charge is -2.28. The molecule has 1 aromatic heterocycles. The second-order valence-electron chi connectivity index (χ2n) is 5.59. The van der Waals surface area contributed by atoms with E-state index in [0.717, 1.165) is 0 Å². The smallest absolute Gasteiger partial charge is 0.367 e. The lowest BCUT2D eigenvalue weighted by molar-refractivity contribution is 0.125. The molecule has 29 heavy (non-hydrogen) atoms. The fourth-order valence-electron chi connectivity index (χ4n) is 1.79. The minimum absolute atomic E-state index is 0.221. The zero-order valence-corrected chi connectivity index (χ0v) is 18.1. The van der Waals surface area contributed by atoms with Gasteiger partial charge < -0.3 is 50.0 Å². The molecule has 1 rings (SSSR count). The maximum Gasteiger partial charge on any atom is 0.369 e. The lowest BCUT2D eigenvalue weighted by atomic mass is 10.3. The Labute approximate surface area is 164 Å². The molecule has 0 aliphatic carbocycles. The molecule has 11 N–H and O–H groups in total. The van der Waals surface area contributed by atoms with Crippen molar-refractivity contribution in [3.63, 3.8) is 0 Å². The van der Waals surface area contributed by atoms with Crippen LogP contribution in [0.25, 0.3) is 0 Å². The Morgan fingerprint density at radius 2 is 1.34 bits per heavy atom. The van der Waals surface area contributed by atoms with E-state index in [4.69, 9.17) is 50.0 Å². The SMILES string of the molecule is NCCC(O)(P(=O)(O)O)P(=O)(O)O.O=P(O)(O)C(Cc1ccccn1)P(=O)(O)O. The Balaban J connectivity index is 0.000000555. The number of nitrogens with two attached hydrogens (primary N) is 1. The summed E-state index contributed by atoms with van der Waals surface area (Å²) in [5.41, 5.74) is 5.08. The third-order valence-electron chi connectivity index (χ3n) is 3.31. The quantitative estimate of drug-likeness (QED) is 0.184. The summed E-state index contributed by atoms with van der Waals surface area (Å²) >= 11 is 0. The molecule has 19 heteroatoms. The Kier molecular flexibility index (Phi) is 10.2. The van der Waals surface area contributed by atoms with Crippen molar-refractivity contribution in [1.82, 2.24) is 4.98 Å². The number of aliphatic hydroxyl groups is 1. The van der Waals surface area contributed by atoms with Gasteiger partial charge in [0.1, 0.15) is 0 Å². The van der Waals surface area contributed by atoms with Gasteiger partial charge in [-0.05, 0) is 18.7 Å². The first kappa shape index (κ1) is 28.7. The molecule has 0 radical (unpaired) electrons. The molecule has 0 bridgehead atoms. The van der Waals surface area contributed by atoms with Crippen molar-refractivity contribution in [2.45, 2.75) is 23.3 Å². The normalized spacial score (nSPS) is 13.8. The van der Waals surface area contributed by atoms with E-state index in [1.54, 1.807) is 12.1 Å².